The summed E-state index contributed by atoms with van der Waals surface area (Å²) in [5, 5.41) is 11.2. The average Bonchev–Trinajstić information content (AvgIpc) is 2.73. The van der Waals surface area contributed by atoms with Crippen molar-refractivity contribution in [1.29, 1.82) is 0 Å². The van der Waals surface area contributed by atoms with Crippen LogP contribution >= 0.6 is 0 Å². The second kappa shape index (κ2) is 6.33. The van der Waals surface area contributed by atoms with E-state index in [-0.39, 0.29) is 16.6 Å². The molecule has 0 fully saturated rings. The van der Waals surface area contributed by atoms with Crippen LogP contribution in [0.2, 0.25) is 0 Å². The van der Waals surface area contributed by atoms with Crippen LogP contribution in [-0.2, 0) is 22.9 Å². The lowest BCUT2D eigenvalue weighted by Crippen LogP contribution is -2.40. The zero-order chi connectivity index (χ0) is 17.3. The number of benzene rings is 2. The standard InChI is InChI=1S/C17H18N2O4S/c1-13-12-15-7-3-2-6-14(15)10-11-18(13)24(22,23)17-9-5-4-8-16(17)19(20)21/h2-9,13H,10-12H2,1H3. The Morgan fingerprint density at radius 3 is 2.42 bits per heavy atom. The largest absolute Gasteiger partial charge is 0.289 e. The van der Waals surface area contributed by atoms with Gasteiger partial charge < -0.3 is 0 Å². The second-order valence-corrected chi connectivity index (χ2v) is 7.77. The van der Waals surface area contributed by atoms with Gasteiger partial charge in [-0.2, -0.15) is 4.31 Å². The van der Waals surface area contributed by atoms with Crippen LogP contribution in [0.25, 0.3) is 0 Å². The van der Waals surface area contributed by atoms with Crippen molar-refractivity contribution >= 4 is 15.7 Å². The maximum Gasteiger partial charge on any atom is 0.289 e. The molecule has 3 rings (SSSR count). The lowest BCUT2D eigenvalue weighted by atomic mass is 10.0. The van der Waals surface area contributed by atoms with Gasteiger partial charge in [-0.15, -0.1) is 0 Å². The first kappa shape index (κ1) is 16.6. The van der Waals surface area contributed by atoms with Crippen LogP contribution in [0.1, 0.15) is 18.1 Å². The summed E-state index contributed by atoms with van der Waals surface area (Å²) in [6.07, 6.45) is 1.19. The average molecular weight is 346 g/mol. The van der Waals surface area contributed by atoms with Gasteiger partial charge in [0.25, 0.3) is 5.69 Å². The molecule has 2 aromatic rings. The highest BCUT2D eigenvalue weighted by atomic mass is 32.2. The summed E-state index contributed by atoms with van der Waals surface area (Å²) in [6.45, 7) is 2.15. The summed E-state index contributed by atoms with van der Waals surface area (Å²) in [5.74, 6) is 0. The summed E-state index contributed by atoms with van der Waals surface area (Å²) in [5.41, 5.74) is 1.88. The number of nitro benzene ring substituents is 1. The molecule has 1 atom stereocenters. The Hall–Kier alpha value is -2.25. The van der Waals surface area contributed by atoms with Crippen LogP contribution in [0.15, 0.2) is 53.4 Å². The van der Waals surface area contributed by atoms with Gasteiger partial charge in [-0.1, -0.05) is 36.4 Å². The molecule has 1 aliphatic rings. The van der Waals surface area contributed by atoms with Gasteiger partial charge in [0.2, 0.25) is 10.0 Å². The van der Waals surface area contributed by atoms with Gasteiger partial charge in [0, 0.05) is 18.7 Å². The quantitative estimate of drug-likeness (QED) is 0.632. The van der Waals surface area contributed by atoms with Crippen LogP contribution in [0, 0.1) is 10.1 Å². The Balaban J connectivity index is 2.01. The van der Waals surface area contributed by atoms with Crippen LogP contribution in [-0.4, -0.2) is 30.2 Å². The van der Waals surface area contributed by atoms with Crippen LogP contribution in [0.3, 0.4) is 0 Å². The van der Waals surface area contributed by atoms with Gasteiger partial charge in [-0.25, -0.2) is 8.42 Å². The maximum absolute atomic E-state index is 13.0. The number of para-hydroxylation sites is 1. The molecule has 0 saturated heterocycles. The molecule has 0 amide bonds. The Morgan fingerprint density at radius 2 is 1.71 bits per heavy atom. The summed E-state index contributed by atoms with van der Waals surface area (Å²) in [7, 11) is -3.94. The van der Waals surface area contributed by atoms with E-state index in [1.807, 2.05) is 31.2 Å². The molecule has 1 heterocycles. The highest BCUT2D eigenvalue weighted by Crippen LogP contribution is 2.30. The van der Waals surface area contributed by atoms with E-state index in [0.717, 1.165) is 11.1 Å². The van der Waals surface area contributed by atoms with Crippen molar-refractivity contribution in [3.05, 3.63) is 69.8 Å². The predicted molar refractivity (Wildman–Crippen MR) is 90.3 cm³/mol. The Labute approximate surface area is 140 Å². The molecule has 1 aliphatic heterocycles. The van der Waals surface area contributed by atoms with E-state index in [2.05, 4.69) is 0 Å². The first-order valence-corrected chi connectivity index (χ1v) is 9.17. The van der Waals surface area contributed by atoms with Gasteiger partial charge in [0.15, 0.2) is 4.90 Å². The molecule has 0 aromatic heterocycles. The summed E-state index contributed by atoms with van der Waals surface area (Å²) < 4.78 is 27.5. The monoisotopic (exact) mass is 346 g/mol. The zero-order valence-electron chi connectivity index (χ0n) is 13.3. The molecule has 126 valence electrons. The summed E-state index contributed by atoms with van der Waals surface area (Å²) in [4.78, 5) is 10.3. The summed E-state index contributed by atoms with van der Waals surface area (Å²) in [6, 6.07) is 13.1. The SMILES string of the molecule is CC1Cc2ccccc2CCN1S(=O)(=O)c1ccccc1[N+](=O)[O-]. The highest BCUT2D eigenvalue weighted by molar-refractivity contribution is 7.89. The number of nitro groups is 1. The van der Waals surface area contributed by atoms with Gasteiger partial charge >= 0.3 is 0 Å². The number of sulfonamides is 1. The van der Waals surface area contributed by atoms with E-state index >= 15 is 0 Å². The van der Waals surface area contributed by atoms with Gasteiger partial charge in [-0.3, -0.25) is 10.1 Å². The molecule has 0 saturated carbocycles. The topological polar surface area (TPSA) is 80.5 Å². The van der Waals surface area contributed by atoms with Crippen molar-refractivity contribution in [2.45, 2.75) is 30.7 Å². The molecule has 1 unspecified atom stereocenters. The summed E-state index contributed by atoms with van der Waals surface area (Å²) >= 11 is 0. The lowest BCUT2D eigenvalue weighted by molar-refractivity contribution is -0.387. The van der Waals surface area contributed by atoms with Gasteiger partial charge in [0.1, 0.15) is 0 Å². The number of fused-ring (bicyclic) bond motifs is 1. The van der Waals surface area contributed by atoms with Crippen LogP contribution in [0.5, 0.6) is 0 Å². The van der Waals surface area contributed by atoms with E-state index in [1.54, 1.807) is 0 Å². The number of hydrogen-bond acceptors (Lipinski definition) is 4. The Morgan fingerprint density at radius 1 is 1.08 bits per heavy atom. The molecule has 0 radical (unpaired) electrons. The minimum atomic E-state index is -3.94. The highest BCUT2D eigenvalue weighted by Gasteiger charge is 2.35. The second-order valence-electron chi connectivity index (χ2n) is 5.91. The molecule has 6 nitrogen and oxygen atoms in total. The van der Waals surface area contributed by atoms with E-state index in [9.17, 15) is 18.5 Å². The Kier molecular flexibility index (Phi) is 4.38. The van der Waals surface area contributed by atoms with E-state index in [4.69, 9.17) is 0 Å². The zero-order valence-corrected chi connectivity index (χ0v) is 14.1. The van der Waals surface area contributed by atoms with Crippen molar-refractivity contribution in [1.82, 2.24) is 4.31 Å². The van der Waals surface area contributed by atoms with Crippen molar-refractivity contribution < 1.29 is 13.3 Å². The third-order valence-electron chi connectivity index (χ3n) is 4.38. The van der Waals surface area contributed by atoms with E-state index in [1.165, 1.54) is 28.6 Å². The van der Waals surface area contributed by atoms with Crippen molar-refractivity contribution in [2.24, 2.45) is 0 Å². The molecule has 0 spiro atoms. The molecular formula is C17H18N2O4S. The fourth-order valence-electron chi connectivity index (χ4n) is 3.18. The number of hydrogen-bond donors (Lipinski definition) is 0. The fraction of sp³-hybridized carbons (Fsp3) is 0.294. The molecule has 24 heavy (non-hydrogen) atoms. The third kappa shape index (κ3) is 2.92. The molecule has 7 heteroatoms. The molecular weight excluding hydrogens is 328 g/mol. The predicted octanol–water partition coefficient (Wildman–Crippen LogP) is 2.77. The van der Waals surface area contributed by atoms with Crippen molar-refractivity contribution in [2.75, 3.05) is 6.54 Å². The molecule has 0 aliphatic carbocycles. The van der Waals surface area contributed by atoms with Crippen molar-refractivity contribution in [3.63, 3.8) is 0 Å². The van der Waals surface area contributed by atoms with E-state index in [0.29, 0.717) is 19.4 Å². The lowest BCUT2D eigenvalue weighted by Gasteiger charge is -2.26. The van der Waals surface area contributed by atoms with E-state index < -0.39 is 14.9 Å². The maximum atomic E-state index is 13.0. The first-order chi connectivity index (χ1) is 11.4. The minimum absolute atomic E-state index is 0.243. The molecule has 0 N–H and O–H groups in total. The fourth-order valence-corrected chi connectivity index (χ4v) is 4.97. The minimum Gasteiger partial charge on any atom is -0.258 e. The van der Waals surface area contributed by atoms with Crippen molar-refractivity contribution in [3.8, 4) is 0 Å². The van der Waals surface area contributed by atoms with Gasteiger partial charge in [0.05, 0.1) is 4.92 Å². The normalized spacial score (nSPS) is 18.6. The number of nitrogens with zero attached hydrogens (tertiary/aromatic N) is 2. The third-order valence-corrected chi connectivity index (χ3v) is 6.44. The number of rotatable bonds is 3. The van der Waals surface area contributed by atoms with Crippen LogP contribution in [0.4, 0.5) is 5.69 Å². The van der Waals surface area contributed by atoms with Gasteiger partial charge in [-0.05, 0) is 37.0 Å². The molecule has 0 bridgehead atoms. The first-order valence-electron chi connectivity index (χ1n) is 7.73. The van der Waals surface area contributed by atoms with Crippen LogP contribution < -0.4 is 0 Å². The molecule has 2 aromatic carbocycles. The smallest absolute Gasteiger partial charge is 0.258 e. The Bertz CT molecular complexity index is 880.